The van der Waals surface area contributed by atoms with Crippen molar-refractivity contribution in [2.24, 2.45) is 7.05 Å². The van der Waals surface area contributed by atoms with E-state index >= 15 is 0 Å². The van der Waals surface area contributed by atoms with Crippen molar-refractivity contribution in [3.63, 3.8) is 0 Å². The predicted octanol–water partition coefficient (Wildman–Crippen LogP) is 2.03. The molecule has 2 heterocycles. The van der Waals surface area contributed by atoms with Crippen molar-refractivity contribution in [1.82, 2.24) is 14.7 Å². The highest BCUT2D eigenvalue weighted by atomic mass is 19.1. The van der Waals surface area contributed by atoms with Gasteiger partial charge in [-0.05, 0) is 30.3 Å². The third-order valence-corrected chi connectivity index (χ3v) is 4.90. The van der Waals surface area contributed by atoms with E-state index in [1.54, 1.807) is 4.90 Å². The topological polar surface area (TPSA) is 58.4 Å². The van der Waals surface area contributed by atoms with Crippen LogP contribution in [-0.2, 0) is 7.05 Å². The lowest BCUT2D eigenvalue weighted by atomic mass is 10.1. The summed E-state index contributed by atoms with van der Waals surface area (Å²) in [6.45, 7) is 2.55. The summed E-state index contributed by atoms with van der Waals surface area (Å²) in [6.07, 6.45) is 0. The first-order valence-electron chi connectivity index (χ1n) is 8.80. The minimum Gasteiger partial charge on any atom is -0.368 e. The summed E-state index contributed by atoms with van der Waals surface area (Å²) < 4.78 is 14.7. The van der Waals surface area contributed by atoms with Crippen molar-refractivity contribution >= 4 is 22.4 Å². The van der Waals surface area contributed by atoms with Crippen molar-refractivity contribution in [3.8, 4) is 0 Å². The van der Waals surface area contributed by atoms with Gasteiger partial charge in [0.15, 0.2) is 5.69 Å². The summed E-state index contributed by atoms with van der Waals surface area (Å²) in [7, 11) is 1.47. The second kappa shape index (κ2) is 6.83. The molecule has 1 aliphatic heterocycles. The molecule has 1 amide bonds. The maximum atomic E-state index is 13.6. The third kappa shape index (κ3) is 3.16. The molecule has 0 atom stereocenters. The highest BCUT2D eigenvalue weighted by Crippen LogP contribution is 2.19. The Hall–Kier alpha value is -3.22. The van der Waals surface area contributed by atoms with E-state index < -0.39 is 11.4 Å². The lowest BCUT2D eigenvalue weighted by Crippen LogP contribution is -2.49. The number of piperazine rings is 1. The van der Waals surface area contributed by atoms with Gasteiger partial charge in [0.2, 0.25) is 0 Å². The molecule has 138 valence electrons. The van der Waals surface area contributed by atoms with Crippen LogP contribution in [0, 0.1) is 5.82 Å². The molecule has 0 aliphatic carbocycles. The summed E-state index contributed by atoms with van der Waals surface area (Å²) in [5, 5.41) is 4.71. The molecule has 2 aromatic carbocycles. The Kier molecular flexibility index (Phi) is 4.35. The first-order chi connectivity index (χ1) is 13.0. The van der Waals surface area contributed by atoms with Gasteiger partial charge in [-0.25, -0.2) is 9.07 Å². The number of aromatic nitrogens is 2. The van der Waals surface area contributed by atoms with Gasteiger partial charge in [-0.2, -0.15) is 5.10 Å². The van der Waals surface area contributed by atoms with Crippen LogP contribution in [0.5, 0.6) is 0 Å². The molecular formula is C20H19FN4O2. The van der Waals surface area contributed by atoms with Gasteiger partial charge in [0, 0.05) is 44.3 Å². The fourth-order valence-corrected chi connectivity index (χ4v) is 3.44. The number of nitrogens with zero attached hydrogens (tertiary/aromatic N) is 4. The van der Waals surface area contributed by atoms with E-state index in [9.17, 15) is 14.0 Å². The first-order valence-corrected chi connectivity index (χ1v) is 8.80. The summed E-state index contributed by atoms with van der Waals surface area (Å²) in [4.78, 5) is 29.2. The van der Waals surface area contributed by atoms with Gasteiger partial charge >= 0.3 is 0 Å². The molecule has 1 aliphatic rings. The number of carbonyl (C=O) groups excluding carboxylic acids is 1. The average Bonchev–Trinajstić information content (AvgIpc) is 2.71. The van der Waals surface area contributed by atoms with E-state index in [-0.39, 0.29) is 17.0 Å². The van der Waals surface area contributed by atoms with E-state index in [0.717, 1.165) is 16.4 Å². The first kappa shape index (κ1) is 17.2. The van der Waals surface area contributed by atoms with Crippen molar-refractivity contribution in [2.45, 2.75) is 0 Å². The fraction of sp³-hybridized carbons (Fsp3) is 0.250. The van der Waals surface area contributed by atoms with Gasteiger partial charge in [0.25, 0.3) is 11.5 Å². The number of fused-ring (bicyclic) bond motifs is 1. The molecule has 1 saturated heterocycles. The van der Waals surface area contributed by atoms with E-state index in [1.807, 2.05) is 30.3 Å². The van der Waals surface area contributed by atoms with E-state index in [1.165, 1.54) is 19.2 Å². The van der Waals surface area contributed by atoms with Crippen LogP contribution in [0.15, 0.2) is 53.3 Å². The quantitative estimate of drug-likeness (QED) is 0.696. The zero-order chi connectivity index (χ0) is 19.0. The Balaban J connectivity index is 1.61. The molecule has 6 nitrogen and oxygen atoms in total. The molecule has 0 N–H and O–H groups in total. The summed E-state index contributed by atoms with van der Waals surface area (Å²) >= 11 is 0. The van der Waals surface area contributed by atoms with Crippen LogP contribution in [0.3, 0.4) is 0 Å². The molecule has 3 aromatic rings. The molecular weight excluding hydrogens is 347 g/mol. The second-order valence-corrected chi connectivity index (χ2v) is 6.58. The number of rotatable bonds is 2. The molecule has 4 rings (SSSR count). The van der Waals surface area contributed by atoms with Crippen molar-refractivity contribution < 1.29 is 9.18 Å². The smallest absolute Gasteiger partial charge is 0.275 e. The number of aryl methyl sites for hydroxylation is 1. The van der Waals surface area contributed by atoms with Crippen molar-refractivity contribution in [1.29, 1.82) is 0 Å². The van der Waals surface area contributed by atoms with Crippen molar-refractivity contribution in [2.75, 3.05) is 31.1 Å². The predicted molar refractivity (Wildman–Crippen MR) is 102 cm³/mol. The largest absolute Gasteiger partial charge is 0.368 e. The minimum atomic E-state index is -0.513. The van der Waals surface area contributed by atoms with E-state index in [0.29, 0.717) is 31.6 Å². The van der Waals surface area contributed by atoms with Gasteiger partial charge in [0.05, 0.1) is 5.39 Å². The minimum absolute atomic E-state index is 0.166. The van der Waals surface area contributed by atoms with Crippen LogP contribution < -0.4 is 10.5 Å². The molecule has 0 unspecified atom stereocenters. The standard InChI is InChI=1S/C20H19FN4O2/c1-23-19(26)17-13-14(21)7-8-16(17)18(22-23)20(27)25-11-9-24(10-12-25)15-5-3-2-4-6-15/h2-8,13H,9-12H2,1H3. The Morgan fingerprint density at radius 3 is 2.41 bits per heavy atom. The highest BCUT2D eigenvalue weighted by Gasteiger charge is 2.25. The van der Waals surface area contributed by atoms with Crippen molar-refractivity contribution in [3.05, 3.63) is 70.4 Å². The summed E-state index contributed by atoms with van der Waals surface area (Å²) in [6, 6.07) is 13.9. The zero-order valence-electron chi connectivity index (χ0n) is 14.9. The molecule has 27 heavy (non-hydrogen) atoms. The number of halogens is 1. The Morgan fingerprint density at radius 2 is 1.70 bits per heavy atom. The third-order valence-electron chi connectivity index (χ3n) is 4.90. The molecule has 0 saturated carbocycles. The van der Waals surface area contributed by atoms with E-state index in [4.69, 9.17) is 0 Å². The highest BCUT2D eigenvalue weighted by molar-refractivity contribution is 6.04. The monoisotopic (exact) mass is 366 g/mol. The summed E-state index contributed by atoms with van der Waals surface area (Å²) in [5.74, 6) is -0.754. The molecule has 1 fully saturated rings. The van der Waals surface area contributed by atoms with Crippen LogP contribution in [0.2, 0.25) is 0 Å². The molecule has 0 spiro atoms. The van der Waals surface area contributed by atoms with Gasteiger partial charge in [-0.15, -0.1) is 0 Å². The number of benzene rings is 2. The Labute approximate surface area is 155 Å². The van der Waals surface area contributed by atoms with Crippen LogP contribution in [-0.4, -0.2) is 46.8 Å². The van der Waals surface area contributed by atoms with Gasteiger partial charge < -0.3 is 9.80 Å². The average molecular weight is 366 g/mol. The maximum Gasteiger partial charge on any atom is 0.275 e. The number of hydrogen-bond donors (Lipinski definition) is 0. The summed E-state index contributed by atoms with van der Waals surface area (Å²) in [5.41, 5.74) is 0.890. The van der Waals surface area contributed by atoms with Crippen LogP contribution in [0.25, 0.3) is 10.8 Å². The molecule has 7 heteroatoms. The normalized spacial score (nSPS) is 14.6. The van der Waals surface area contributed by atoms with Crippen LogP contribution >= 0.6 is 0 Å². The molecule has 1 aromatic heterocycles. The Morgan fingerprint density at radius 1 is 1.00 bits per heavy atom. The van der Waals surface area contributed by atoms with Crippen LogP contribution in [0.4, 0.5) is 10.1 Å². The number of hydrogen-bond acceptors (Lipinski definition) is 4. The van der Waals surface area contributed by atoms with Gasteiger partial charge in [0.1, 0.15) is 5.82 Å². The lowest BCUT2D eigenvalue weighted by Gasteiger charge is -2.36. The molecule has 0 bridgehead atoms. The molecule has 0 radical (unpaired) electrons. The van der Waals surface area contributed by atoms with E-state index in [2.05, 4.69) is 10.00 Å². The fourth-order valence-electron chi connectivity index (χ4n) is 3.44. The SMILES string of the molecule is Cn1nc(C(=O)N2CCN(c3ccccc3)CC2)c2ccc(F)cc2c1=O. The maximum absolute atomic E-state index is 13.6. The van der Waals surface area contributed by atoms with Gasteiger partial charge in [-0.1, -0.05) is 18.2 Å². The number of amides is 1. The van der Waals surface area contributed by atoms with Crippen LogP contribution in [0.1, 0.15) is 10.5 Å². The zero-order valence-corrected chi connectivity index (χ0v) is 14.9. The second-order valence-electron chi connectivity index (χ2n) is 6.58. The lowest BCUT2D eigenvalue weighted by molar-refractivity contribution is 0.0740. The number of para-hydroxylation sites is 1. The van der Waals surface area contributed by atoms with Gasteiger partial charge in [-0.3, -0.25) is 9.59 Å². The Bertz CT molecular complexity index is 1060. The number of anilines is 1. The number of carbonyl (C=O) groups is 1.